The van der Waals surface area contributed by atoms with Crippen LogP contribution in [-0.2, 0) is 14.3 Å². The highest BCUT2D eigenvalue weighted by Gasteiger charge is 2.41. The molecule has 116 valence electrons. The molecule has 0 aliphatic carbocycles. The van der Waals surface area contributed by atoms with Crippen LogP contribution >= 0.6 is 0 Å². The molecule has 2 rings (SSSR count). The Morgan fingerprint density at radius 2 is 2.00 bits per heavy atom. The third-order valence-electron chi connectivity index (χ3n) is 3.99. The summed E-state index contributed by atoms with van der Waals surface area (Å²) in [5.41, 5.74) is -0.652. The summed E-state index contributed by atoms with van der Waals surface area (Å²) in [5, 5.41) is 3.38. The molecular weight excluding hydrogens is 256 g/mol. The highest BCUT2D eigenvalue weighted by atomic mass is 16.5. The number of hydrogen-bond donors (Lipinski definition) is 1. The number of hydrogen-bond acceptors (Lipinski definition) is 5. The molecule has 0 amide bonds. The second-order valence-corrected chi connectivity index (χ2v) is 6.50. The second kappa shape index (κ2) is 6.41. The van der Waals surface area contributed by atoms with Crippen molar-refractivity contribution in [3.05, 3.63) is 0 Å². The van der Waals surface area contributed by atoms with Crippen molar-refractivity contribution >= 4 is 5.97 Å². The van der Waals surface area contributed by atoms with E-state index in [0.29, 0.717) is 25.4 Å². The summed E-state index contributed by atoms with van der Waals surface area (Å²) in [7, 11) is 0. The van der Waals surface area contributed by atoms with Crippen molar-refractivity contribution in [1.29, 1.82) is 0 Å². The molecule has 2 heterocycles. The van der Waals surface area contributed by atoms with Gasteiger partial charge in [-0.25, -0.2) is 0 Å². The quantitative estimate of drug-likeness (QED) is 0.742. The van der Waals surface area contributed by atoms with Gasteiger partial charge < -0.3 is 9.47 Å². The lowest BCUT2D eigenvalue weighted by molar-refractivity contribution is -0.152. The Morgan fingerprint density at radius 1 is 1.40 bits per heavy atom. The molecule has 0 radical (unpaired) electrons. The first-order valence-electron chi connectivity index (χ1n) is 7.75. The van der Waals surface area contributed by atoms with Crippen molar-refractivity contribution in [3.8, 4) is 0 Å². The van der Waals surface area contributed by atoms with Gasteiger partial charge in [0.1, 0.15) is 5.54 Å². The minimum absolute atomic E-state index is 0.160. The van der Waals surface area contributed by atoms with Crippen molar-refractivity contribution in [1.82, 2.24) is 10.2 Å². The molecule has 0 aromatic heterocycles. The Balaban J connectivity index is 2.01. The number of nitrogens with one attached hydrogen (secondary N) is 1. The molecule has 0 aromatic rings. The summed E-state index contributed by atoms with van der Waals surface area (Å²) in [4.78, 5) is 14.7. The van der Waals surface area contributed by atoms with Gasteiger partial charge in [-0.05, 0) is 40.5 Å². The summed E-state index contributed by atoms with van der Waals surface area (Å²) in [6.07, 6.45) is 2.99. The fourth-order valence-corrected chi connectivity index (χ4v) is 3.37. The molecule has 5 nitrogen and oxygen atoms in total. The molecule has 3 unspecified atom stereocenters. The predicted octanol–water partition coefficient (Wildman–Crippen LogP) is 1.17. The normalized spacial score (nSPS) is 29.4. The minimum Gasteiger partial charge on any atom is -0.465 e. The van der Waals surface area contributed by atoms with E-state index in [0.717, 1.165) is 25.9 Å². The maximum Gasteiger partial charge on any atom is 0.327 e. The van der Waals surface area contributed by atoms with Crippen molar-refractivity contribution in [2.24, 2.45) is 0 Å². The van der Waals surface area contributed by atoms with Gasteiger partial charge in [-0.2, -0.15) is 0 Å². The number of morpholine rings is 1. The SMILES string of the molecule is CCOC(=O)C(C)(CN1CC2CCC(C1)O2)NC(C)C. The van der Waals surface area contributed by atoms with Gasteiger partial charge in [0.25, 0.3) is 0 Å². The van der Waals surface area contributed by atoms with Crippen molar-refractivity contribution in [3.63, 3.8) is 0 Å². The molecule has 0 saturated carbocycles. The first-order chi connectivity index (χ1) is 9.43. The molecule has 2 aliphatic rings. The van der Waals surface area contributed by atoms with E-state index in [4.69, 9.17) is 9.47 Å². The summed E-state index contributed by atoms with van der Waals surface area (Å²) >= 11 is 0. The highest BCUT2D eigenvalue weighted by molar-refractivity contribution is 5.80. The Kier molecular flexibility index (Phi) is 5.04. The number of carbonyl (C=O) groups excluding carboxylic acids is 1. The van der Waals surface area contributed by atoms with Gasteiger partial charge in [0.05, 0.1) is 18.8 Å². The van der Waals surface area contributed by atoms with Gasteiger partial charge in [-0.1, -0.05) is 0 Å². The largest absolute Gasteiger partial charge is 0.465 e. The Labute approximate surface area is 122 Å². The van der Waals surface area contributed by atoms with Crippen LogP contribution in [0.1, 0.15) is 40.5 Å². The molecule has 2 bridgehead atoms. The van der Waals surface area contributed by atoms with Gasteiger partial charge in [-0.15, -0.1) is 0 Å². The molecular formula is C15H28N2O3. The van der Waals surface area contributed by atoms with E-state index >= 15 is 0 Å². The van der Waals surface area contributed by atoms with E-state index in [1.54, 1.807) is 0 Å². The summed E-state index contributed by atoms with van der Waals surface area (Å²) in [6.45, 7) is 10.9. The monoisotopic (exact) mass is 284 g/mol. The van der Waals surface area contributed by atoms with Gasteiger partial charge in [-0.3, -0.25) is 15.0 Å². The molecule has 1 N–H and O–H groups in total. The van der Waals surface area contributed by atoms with Crippen LogP contribution in [0.3, 0.4) is 0 Å². The fraction of sp³-hybridized carbons (Fsp3) is 0.933. The highest BCUT2D eigenvalue weighted by Crippen LogP contribution is 2.27. The van der Waals surface area contributed by atoms with Crippen molar-refractivity contribution < 1.29 is 14.3 Å². The molecule has 2 aliphatic heterocycles. The zero-order chi connectivity index (χ0) is 14.8. The van der Waals surface area contributed by atoms with Crippen molar-refractivity contribution in [2.45, 2.75) is 64.3 Å². The topological polar surface area (TPSA) is 50.8 Å². The van der Waals surface area contributed by atoms with E-state index in [1.807, 2.05) is 13.8 Å². The summed E-state index contributed by atoms with van der Waals surface area (Å²) in [5.74, 6) is -0.160. The van der Waals surface area contributed by atoms with Gasteiger partial charge in [0, 0.05) is 25.7 Å². The average molecular weight is 284 g/mol. The Morgan fingerprint density at radius 3 is 2.50 bits per heavy atom. The minimum atomic E-state index is -0.652. The number of ether oxygens (including phenoxy) is 2. The predicted molar refractivity (Wildman–Crippen MR) is 77.6 cm³/mol. The standard InChI is InChI=1S/C15H28N2O3/c1-5-19-14(18)15(4,16-11(2)3)10-17-8-12-6-7-13(9-17)20-12/h11-13,16H,5-10H2,1-4H3. The molecule has 0 aromatic carbocycles. The Bertz CT molecular complexity index is 336. The van der Waals surface area contributed by atoms with Crippen LogP contribution in [-0.4, -0.2) is 60.9 Å². The number of fused-ring (bicyclic) bond motifs is 2. The van der Waals surface area contributed by atoms with Gasteiger partial charge >= 0.3 is 5.97 Å². The number of rotatable bonds is 6. The van der Waals surface area contributed by atoms with Gasteiger partial charge in [0.15, 0.2) is 0 Å². The summed E-state index contributed by atoms with van der Waals surface area (Å²) < 4.78 is 11.1. The fourth-order valence-electron chi connectivity index (χ4n) is 3.37. The van der Waals surface area contributed by atoms with Crippen LogP contribution < -0.4 is 5.32 Å². The maximum atomic E-state index is 12.3. The van der Waals surface area contributed by atoms with Crippen LogP contribution in [0, 0.1) is 0 Å². The average Bonchev–Trinajstić information content (AvgIpc) is 2.68. The molecule has 3 atom stereocenters. The molecule has 2 saturated heterocycles. The number of esters is 1. The van der Waals surface area contributed by atoms with Crippen LogP contribution in [0.5, 0.6) is 0 Å². The van der Waals surface area contributed by atoms with E-state index in [2.05, 4.69) is 24.1 Å². The number of nitrogens with zero attached hydrogens (tertiary/aromatic N) is 1. The molecule has 5 heteroatoms. The third kappa shape index (κ3) is 3.71. The number of likely N-dealkylation sites (tertiary alicyclic amines) is 1. The first kappa shape index (κ1) is 15.7. The third-order valence-corrected chi connectivity index (χ3v) is 3.99. The van der Waals surface area contributed by atoms with Crippen molar-refractivity contribution in [2.75, 3.05) is 26.2 Å². The summed E-state index contributed by atoms with van der Waals surface area (Å²) in [6, 6.07) is 0.238. The van der Waals surface area contributed by atoms with Crippen LogP contribution in [0.25, 0.3) is 0 Å². The molecule has 20 heavy (non-hydrogen) atoms. The second-order valence-electron chi connectivity index (χ2n) is 6.50. The zero-order valence-corrected chi connectivity index (χ0v) is 13.1. The van der Waals surface area contributed by atoms with Crippen LogP contribution in [0.15, 0.2) is 0 Å². The van der Waals surface area contributed by atoms with E-state index < -0.39 is 5.54 Å². The molecule has 2 fully saturated rings. The lowest BCUT2D eigenvalue weighted by atomic mass is 9.99. The Hall–Kier alpha value is -0.650. The van der Waals surface area contributed by atoms with E-state index in [9.17, 15) is 4.79 Å². The van der Waals surface area contributed by atoms with Gasteiger partial charge in [0.2, 0.25) is 0 Å². The van der Waals surface area contributed by atoms with E-state index in [-0.39, 0.29) is 12.0 Å². The van der Waals surface area contributed by atoms with Crippen LogP contribution in [0.2, 0.25) is 0 Å². The number of carbonyl (C=O) groups is 1. The molecule has 0 spiro atoms. The smallest absolute Gasteiger partial charge is 0.327 e. The maximum absolute atomic E-state index is 12.3. The zero-order valence-electron chi connectivity index (χ0n) is 13.1. The van der Waals surface area contributed by atoms with Crippen LogP contribution in [0.4, 0.5) is 0 Å². The lowest BCUT2D eigenvalue weighted by Crippen LogP contribution is -2.61. The van der Waals surface area contributed by atoms with E-state index in [1.165, 1.54) is 0 Å². The first-order valence-corrected chi connectivity index (χ1v) is 7.75. The lowest BCUT2D eigenvalue weighted by Gasteiger charge is -2.39.